The molecule has 0 radical (unpaired) electrons. The number of alkyl halides is 1. The Balaban J connectivity index is 2.03. The molecule has 1 fully saturated rings. The highest BCUT2D eigenvalue weighted by molar-refractivity contribution is 6.30. The van der Waals surface area contributed by atoms with E-state index in [1.165, 1.54) is 0 Å². The van der Waals surface area contributed by atoms with E-state index in [1.54, 1.807) is 19.1 Å². The molecule has 1 heterocycles. The maximum atomic E-state index is 14.3. The normalized spacial score (nSPS) is 24.5. The highest BCUT2D eigenvalue weighted by Crippen LogP contribution is 2.24. The standard InChI is InChI=1S/C17H24ClFN2O/c1-12(22)15(13-4-6-14(18)7-5-13)10-21-9-8-17(20(2)3)16(19)11-21/h4-7,15-17H,8-11H2,1-3H3. The highest BCUT2D eigenvalue weighted by Gasteiger charge is 2.32. The summed E-state index contributed by atoms with van der Waals surface area (Å²) in [5.74, 6) is -0.118. The second kappa shape index (κ2) is 7.53. The molecule has 2 rings (SSSR count). The number of hydrogen-bond donors (Lipinski definition) is 0. The molecular formula is C17H24ClFN2O. The summed E-state index contributed by atoms with van der Waals surface area (Å²) >= 11 is 5.90. The molecule has 1 aromatic carbocycles. The molecule has 3 nitrogen and oxygen atoms in total. The summed E-state index contributed by atoms with van der Waals surface area (Å²) in [4.78, 5) is 16.0. The van der Waals surface area contributed by atoms with Crippen LogP contribution in [-0.2, 0) is 4.79 Å². The van der Waals surface area contributed by atoms with Crippen molar-refractivity contribution in [2.24, 2.45) is 0 Å². The van der Waals surface area contributed by atoms with E-state index in [2.05, 4.69) is 4.90 Å². The summed E-state index contributed by atoms with van der Waals surface area (Å²) in [7, 11) is 3.83. The summed E-state index contributed by atoms with van der Waals surface area (Å²) in [5.41, 5.74) is 0.946. The summed E-state index contributed by atoms with van der Waals surface area (Å²) in [5, 5.41) is 0.654. The van der Waals surface area contributed by atoms with E-state index in [-0.39, 0.29) is 17.7 Å². The Morgan fingerprint density at radius 3 is 2.55 bits per heavy atom. The minimum absolute atomic E-state index is 0.0254. The molecule has 22 heavy (non-hydrogen) atoms. The quantitative estimate of drug-likeness (QED) is 0.831. The van der Waals surface area contributed by atoms with Crippen LogP contribution < -0.4 is 0 Å². The van der Waals surface area contributed by atoms with Crippen LogP contribution in [0.4, 0.5) is 4.39 Å². The lowest BCUT2D eigenvalue weighted by Crippen LogP contribution is -2.51. The van der Waals surface area contributed by atoms with Crippen molar-refractivity contribution in [1.82, 2.24) is 9.80 Å². The summed E-state index contributed by atoms with van der Waals surface area (Å²) < 4.78 is 14.3. The number of benzene rings is 1. The number of carbonyl (C=O) groups excluding carboxylic acids is 1. The molecule has 3 unspecified atom stereocenters. The molecule has 0 spiro atoms. The molecule has 0 amide bonds. The molecule has 1 aliphatic heterocycles. The van der Waals surface area contributed by atoms with Crippen molar-refractivity contribution in [1.29, 1.82) is 0 Å². The second-order valence-electron chi connectivity index (χ2n) is 6.31. The third kappa shape index (κ3) is 4.28. The topological polar surface area (TPSA) is 23.6 Å². The molecule has 122 valence electrons. The first-order valence-corrected chi connectivity index (χ1v) is 8.05. The molecule has 5 heteroatoms. The van der Waals surface area contributed by atoms with Crippen molar-refractivity contribution < 1.29 is 9.18 Å². The fourth-order valence-electron chi connectivity index (χ4n) is 3.12. The zero-order valence-corrected chi connectivity index (χ0v) is 14.2. The molecule has 1 aromatic rings. The number of carbonyl (C=O) groups is 1. The molecule has 0 N–H and O–H groups in total. The van der Waals surface area contributed by atoms with Gasteiger partial charge in [0.1, 0.15) is 12.0 Å². The Bertz CT molecular complexity index is 506. The van der Waals surface area contributed by atoms with E-state index < -0.39 is 6.17 Å². The van der Waals surface area contributed by atoms with E-state index in [0.717, 1.165) is 18.5 Å². The van der Waals surface area contributed by atoms with Crippen molar-refractivity contribution in [3.63, 3.8) is 0 Å². The lowest BCUT2D eigenvalue weighted by molar-refractivity contribution is -0.119. The van der Waals surface area contributed by atoms with Crippen molar-refractivity contribution in [2.75, 3.05) is 33.7 Å². The third-order valence-electron chi connectivity index (χ3n) is 4.46. The van der Waals surface area contributed by atoms with Gasteiger partial charge >= 0.3 is 0 Å². The van der Waals surface area contributed by atoms with Gasteiger partial charge in [0.2, 0.25) is 0 Å². The van der Waals surface area contributed by atoms with Gasteiger partial charge in [-0.05, 0) is 51.7 Å². The summed E-state index contributed by atoms with van der Waals surface area (Å²) in [6, 6.07) is 7.33. The second-order valence-corrected chi connectivity index (χ2v) is 6.75. The fraction of sp³-hybridized carbons (Fsp3) is 0.588. The molecule has 0 saturated carbocycles. The number of halogens is 2. The molecule has 1 aliphatic rings. The van der Waals surface area contributed by atoms with Gasteiger partial charge in [0.05, 0.1) is 5.92 Å². The fourth-order valence-corrected chi connectivity index (χ4v) is 3.25. The van der Waals surface area contributed by atoms with Crippen molar-refractivity contribution in [3.05, 3.63) is 34.9 Å². The molecule has 1 saturated heterocycles. The van der Waals surface area contributed by atoms with Crippen molar-refractivity contribution in [2.45, 2.75) is 31.5 Å². The maximum Gasteiger partial charge on any atom is 0.138 e. The predicted octanol–water partition coefficient (Wildman–Crippen LogP) is 2.99. The number of ketones is 1. The van der Waals surface area contributed by atoms with Crippen LogP contribution >= 0.6 is 11.6 Å². The average molecular weight is 327 g/mol. The smallest absolute Gasteiger partial charge is 0.138 e. The van der Waals surface area contributed by atoms with Crippen LogP contribution in [0.25, 0.3) is 0 Å². The van der Waals surface area contributed by atoms with Gasteiger partial charge in [-0.25, -0.2) is 4.39 Å². The van der Waals surface area contributed by atoms with E-state index in [0.29, 0.717) is 18.1 Å². The summed E-state index contributed by atoms with van der Waals surface area (Å²) in [6.07, 6.45) is -0.0825. The van der Waals surface area contributed by atoms with E-state index in [1.807, 2.05) is 31.1 Å². The zero-order chi connectivity index (χ0) is 16.3. The third-order valence-corrected chi connectivity index (χ3v) is 4.71. The van der Waals surface area contributed by atoms with Crippen LogP contribution in [0.3, 0.4) is 0 Å². The van der Waals surface area contributed by atoms with Gasteiger partial charge in [0.15, 0.2) is 0 Å². The van der Waals surface area contributed by atoms with Crippen LogP contribution in [0.2, 0.25) is 5.02 Å². The lowest BCUT2D eigenvalue weighted by atomic mass is 9.93. The van der Waals surface area contributed by atoms with Gasteiger partial charge in [0, 0.05) is 24.2 Å². The first-order chi connectivity index (χ1) is 10.4. The Labute approximate surface area is 137 Å². The Kier molecular flexibility index (Phi) is 5.95. The number of nitrogens with zero attached hydrogens (tertiary/aromatic N) is 2. The predicted molar refractivity (Wildman–Crippen MR) is 88.3 cm³/mol. The molecule has 3 atom stereocenters. The van der Waals surface area contributed by atoms with Gasteiger partial charge in [0.25, 0.3) is 0 Å². The average Bonchev–Trinajstić information content (AvgIpc) is 2.45. The van der Waals surface area contributed by atoms with Crippen LogP contribution in [0, 0.1) is 0 Å². The minimum Gasteiger partial charge on any atom is -0.303 e. The largest absolute Gasteiger partial charge is 0.303 e. The Morgan fingerprint density at radius 2 is 2.05 bits per heavy atom. The van der Waals surface area contributed by atoms with Gasteiger partial charge < -0.3 is 4.90 Å². The van der Waals surface area contributed by atoms with Gasteiger partial charge in [-0.1, -0.05) is 23.7 Å². The van der Waals surface area contributed by atoms with Crippen molar-refractivity contribution in [3.8, 4) is 0 Å². The number of rotatable bonds is 5. The van der Waals surface area contributed by atoms with Crippen LogP contribution in [0.15, 0.2) is 24.3 Å². The SMILES string of the molecule is CC(=O)C(CN1CCC(N(C)C)C(F)C1)c1ccc(Cl)cc1. The number of likely N-dealkylation sites (tertiary alicyclic amines) is 1. The van der Waals surface area contributed by atoms with Crippen LogP contribution in [-0.4, -0.2) is 61.5 Å². The van der Waals surface area contributed by atoms with E-state index in [4.69, 9.17) is 11.6 Å². The molecule has 0 aliphatic carbocycles. The first kappa shape index (κ1) is 17.4. The van der Waals surface area contributed by atoms with Crippen LogP contribution in [0.5, 0.6) is 0 Å². The lowest BCUT2D eigenvalue weighted by Gasteiger charge is -2.38. The van der Waals surface area contributed by atoms with Crippen molar-refractivity contribution >= 4 is 17.4 Å². The van der Waals surface area contributed by atoms with E-state index >= 15 is 0 Å². The maximum absolute atomic E-state index is 14.3. The summed E-state index contributed by atoms with van der Waals surface area (Å²) in [6.45, 7) is 3.37. The molecule has 0 bridgehead atoms. The van der Waals surface area contributed by atoms with Gasteiger partial charge in [-0.2, -0.15) is 0 Å². The first-order valence-electron chi connectivity index (χ1n) is 7.67. The van der Waals surface area contributed by atoms with Gasteiger partial charge in [-0.3, -0.25) is 9.69 Å². The highest BCUT2D eigenvalue weighted by atomic mass is 35.5. The zero-order valence-electron chi connectivity index (χ0n) is 13.4. The molecule has 0 aromatic heterocycles. The minimum atomic E-state index is -0.874. The Morgan fingerprint density at radius 1 is 1.41 bits per heavy atom. The number of piperidine rings is 1. The molecular weight excluding hydrogens is 303 g/mol. The Hall–Kier alpha value is -0.970. The number of Topliss-reactive ketones (excluding diaryl/α,β-unsaturated/α-hetero) is 1. The van der Waals surface area contributed by atoms with E-state index in [9.17, 15) is 9.18 Å². The van der Waals surface area contributed by atoms with Crippen LogP contribution in [0.1, 0.15) is 24.8 Å². The number of hydrogen-bond acceptors (Lipinski definition) is 3. The van der Waals surface area contributed by atoms with Gasteiger partial charge in [-0.15, -0.1) is 0 Å². The monoisotopic (exact) mass is 326 g/mol.